The summed E-state index contributed by atoms with van der Waals surface area (Å²) < 4.78 is 0. The van der Waals surface area contributed by atoms with Gasteiger partial charge in [-0.05, 0) is 25.2 Å². The lowest BCUT2D eigenvalue weighted by Gasteiger charge is -1.93. The van der Waals surface area contributed by atoms with E-state index in [1.54, 1.807) is 7.05 Å². The van der Waals surface area contributed by atoms with E-state index in [4.69, 9.17) is 0 Å². The minimum atomic E-state index is 0.822. The summed E-state index contributed by atoms with van der Waals surface area (Å²) in [5.41, 5.74) is 0. The summed E-state index contributed by atoms with van der Waals surface area (Å²) in [5.74, 6) is 0.822. The van der Waals surface area contributed by atoms with E-state index in [0.29, 0.717) is 0 Å². The van der Waals surface area contributed by atoms with Gasteiger partial charge in [0.25, 0.3) is 0 Å². The van der Waals surface area contributed by atoms with Gasteiger partial charge in [-0.2, -0.15) is 4.80 Å². The zero-order valence-corrected chi connectivity index (χ0v) is 6.91. The molecule has 5 nitrogen and oxygen atoms in total. The molecule has 1 aromatic rings. The molecule has 11 heavy (non-hydrogen) atoms. The van der Waals surface area contributed by atoms with Crippen LogP contribution < -0.4 is 5.32 Å². The molecule has 0 radical (unpaired) electrons. The number of hydrogen-bond acceptors (Lipinski definition) is 4. The number of hydrogen-bond donors (Lipinski definition) is 1. The summed E-state index contributed by atoms with van der Waals surface area (Å²) in [5, 5.41) is 14.7. The molecule has 1 N–H and O–H groups in total. The molecule has 0 fully saturated rings. The molecule has 0 unspecified atom stereocenters. The Kier molecular flexibility index (Phi) is 2.97. The van der Waals surface area contributed by atoms with E-state index in [9.17, 15) is 0 Å². The van der Waals surface area contributed by atoms with Gasteiger partial charge in [0.05, 0.1) is 7.05 Å². The fourth-order valence-electron chi connectivity index (χ4n) is 0.847. The van der Waals surface area contributed by atoms with Gasteiger partial charge < -0.3 is 5.32 Å². The molecule has 62 valence electrons. The average molecular weight is 155 g/mol. The second-order valence-electron chi connectivity index (χ2n) is 2.40. The first-order valence-corrected chi connectivity index (χ1v) is 3.70. The molecule has 0 aliphatic rings. The predicted octanol–water partition coefficient (Wildman–Crippen LogP) is -0.638. The second kappa shape index (κ2) is 4.02. The Labute approximate surface area is 65.8 Å². The lowest BCUT2D eigenvalue weighted by molar-refractivity contribution is 0.625. The highest BCUT2D eigenvalue weighted by Gasteiger charge is 1.97. The van der Waals surface area contributed by atoms with E-state index >= 15 is 0 Å². The van der Waals surface area contributed by atoms with Crippen molar-refractivity contribution in [2.24, 2.45) is 7.05 Å². The topological polar surface area (TPSA) is 55.6 Å². The van der Waals surface area contributed by atoms with Crippen LogP contribution in [0.3, 0.4) is 0 Å². The molecule has 0 saturated heterocycles. The van der Waals surface area contributed by atoms with Crippen LogP contribution in [0, 0.1) is 0 Å². The van der Waals surface area contributed by atoms with Crippen molar-refractivity contribution in [3.05, 3.63) is 5.82 Å². The van der Waals surface area contributed by atoms with Crippen molar-refractivity contribution in [3.63, 3.8) is 0 Å². The van der Waals surface area contributed by atoms with Crippen LogP contribution in [-0.2, 0) is 13.5 Å². The highest BCUT2D eigenvalue weighted by Crippen LogP contribution is 1.90. The van der Waals surface area contributed by atoms with Crippen LogP contribution in [0.1, 0.15) is 12.2 Å². The SMILES string of the molecule is CNCCCc1nnn(C)n1. The maximum atomic E-state index is 4.05. The number of nitrogens with one attached hydrogen (secondary N) is 1. The number of aryl methyl sites for hydroxylation is 2. The summed E-state index contributed by atoms with van der Waals surface area (Å²) in [7, 11) is 3.71. The van der Waals surface area contributed by atoms with E-state index in [1.807, 2.05) is 7.05 Å². The molecule has 1 rings (SSSR count). The average Bonchev–Trinajstić information content (AvgIpc) is 2.37. The minimum absolute atomic E-state index is 0.822. The predicted molar refractivity (Wildman–Crippen MR) is 41.0 cm³/mol. The Bertz CT molecular complexity index is 206. The molecule has 1 heterocycles. The fraction of sp³-hybridized carbons (Fsp3) is 0.833. The van der Waals surface area contributed by atoms with Crippen molar-refractivity contribution in [3.8, 4) is 0 Å². The minimum Gasteiger partial charge on any atom is -0.320 e. The highest BCUT2D eigenvalue weighted by atomic mass is 15.6. The Balaban J connectivity index is 2.27. The molecule has 5 heteroatoms. The number of rotatable bonds is 4. The molecule has 0 spiro atoms. The van der Waals surface area contributed by atoms with E-state index in [2.05, 4.69) is 20.7 Å². The van der Waals surface area contributed by atoms with E-state index in [1.165, 1.54) is 4.80 Å². The van der Waals surface area contributed by atoms with Crippen LogP contribution in [0.5, 0.6) is 0 Å². The van der Waals surface area contributed by atoms with Gasteiger partial charge in [-0.15, -0.1) is 10.2 Å². The van der Waals surface area contributed by atoms with Gasteiger partial charge in [-0.25, -0.2) is 0 Å². The van der Waals surface area contributed by atoms with Gasteiger partial charge in [-0.3, -0.25) is 0 Å². The highest BCUT2D eigenvalue weighted by molar-refractivity contribution is 4.76. The lowest BCUT2D eigenvalue weighted by Crippen LogP contribution is -2.08. The van der Waals surface area contributed by atoms with Crippen molar-refractivity contribution in [2.75, 3.05) is 13.6 Å². The maximum absolute atomic E-state index is 4.05. The molecule has 0 saturated carbocycles. The van der Waals surface area contributed by atoms with Crippen molar-refractivity contribution in [2.45, 2.75) is 12.8 Å². The zero-order chi connectivity index (χ0) is 8.10. The molecule has 0 aliphatic carbocycles. The summed E-state index contributed by atoms with van der Waals surface area (Å²) in [6.45, 7) is 0.998. The number of tetrazole rings is 1. The summed E-state index contributed by atoms with van der Waals surface area (Å²) in [6.07, 6.45) is 1.96. The molecule has 0 aliphatic heterocycles. The Morgan fingerprint density at radius 2 is 2.36 bits per heavy atom. The maximum Gasteiger partial charge on any atom is 0.174 e. The normalized spacial score (nSPS) is 10.4. The van der Waals surface area contributed by atoms with Crippen LogP contribution in [0.25, 0.3) is 0 Å². The molecule has 1 aromatic heterocycles. The van der Waals surface area contributed by atoms with Gasteiger partial charge >= 0.3 is 0 Å². The summed E-state index contributed by atoms with van der Waals surface area (Å²) >= 11 is 0. The first kappa shape index (κ1) is 8.13. The summed E-state index contributed by atoms with van der Waals surface area (Å²) in [4.78, 5) is 1.48. The molecule has 0 aromatic carbocycles. The van der Waals surface area contributed by atoms with E-state index in [-0.39, 0.29) is 0 Å². The van der Waals surface area contributed by atoms with Crippen molar-refractivity contribution in [1.29, 1.82) is 0 Å². The van der Waals surface area contributed by atoms with Crippen LogP contribution >= 0.6 is 0 Å². The Hall–Kier alpha value is -0.970. The quantitative estimate of drug-likeness (QED) is 0.588. The molecular formula is C6H13N5. The molecule has 0 amide bonds. The zero-order valence-electron chi connectivity index (χ0n) is 6.91. The van der Waals surface area contributed by atoms with Crippen LogP contribution in [0.2, 0.25) is 0 Å². The lowest BCUT2D eigenvalue weighted by atomic mass is 10.3. The Morgan fingerprint density at radius 3 is 2.91 bits per heavy atom. The standard InChI is InChI=1S/C6H13N5/c1-7-5-3-4-6-8-10-11(2)9-6/h7H,3-5H2,1-2H3. The van der Waals surface area contributed by atoms with Gasteiger partial charge in [-0.1, -0.05) is 0 Å². The smallest absolute Gasteiger partial charge is 0.174 e. The van der Waals surface area contributed by atoms with Gasteiger partial charge in [0.15, 0.2) is 5.82 Å². The van der Waals surface area contributed by atoms with Crippen molar-refractivity contribution < 1.29 is 0 Å². The van der Waals surface area contributed by atoms with E-state index in [0.717, 1.165) is 25.2 Å². The third-order valence-electron chi connectivity index (χ3n) is 1.38. The van der Waals surface area contributed by atoms with E-state index < -0.39 is 0 Å². The van der Waals surface area contributed by atoms with Crippen LogP contribution in [-0.4, -0.2) is 33.8 Å². The van der Waals surface area contributed by atoms with Crippen molar-refractivity contribution >= 4 is 0 Å². The van der Waals surface area contributed by atoms with Crippen molar-refractivity contribution in [1.82, 2.24) is 25.5 Å². The largest absolute Gasteiger partial charge is 0.320 e. The third kappa shape index (κ3) is 2.63. The van der Waals surface area contributed by atoms with Gasteiger partial charge in [0, 0.05) is 6.42 Å². The number of nitrogens with zero attached hydrogens (tertiary/aromatic N) is 4. The van der Waals surface area contributed by atoms with Gasteiger partial charge in [0.2, 0.25) is 0 Å². The Morgan fingerprint density at radius 1 is 1.55 bits per heavy atom. The molecule has 0 bridgehead atoms. The molecular weight excluding hydrogens is 142 g/mol. The first-order chi connectivity index (χ1) is 5.33. The summed E-state index contributed by atoms with van der Waals surface area (Å²) in [6, 6.07) is 0. The molecule has 0 atom stereocenters. The fourth-order valence-corrected chi connectivity index (χ4v) is 0.847. The van der Waals surface area contributed by atoms with Crippen LogP contribution in [0.15, 0.2) is 0 Å². The third-order valence-corrected chi connectivity index (χ3v) is 1.38. The second-order valence-corrected chi connectivity index (χ2v) is 2.40. The monoisotopic (exact) mass is 155 g/mol. The van der Waals surface area contributed by atoms with Crippen LogP contribution in [0.4, 0.5) is 0 Å². The van der Waals surface area contributed by atoms with Gasteiger partial charge in [0.1, 0.15) is 0 Å². The first-order valence-electron chi connectivity index (χ1n) is 3.70. The number of aromatic nitrogens is 4.